The summed E-state index contributed by atoms with van der Waals surface area (Å²) in [5.41, 5.74) is 4.14. The van der Waals surface area contributed by atoms with Gasteiger partial charge in [-0.2, -0.15) is 0 Å². The smallest absolute Gasteiger partial charge is 0.341 e. The molecule has 0 atom stereocenters. The van der Waals surface area contributed by atoms with E-state index in [1.165, 1.54) is 0 Å². The van der Waals surface area contributed by atoms with Crippen LogP contribution in [0.1, 0.15) is 16.8 Å². The average Bonchev–Trinajstić information content (AvgIpc) is 2.66. The average molecular weight is 260 g/mol. The number of nitrogens with zero attached hydrogens (tertiary/aromatic N) is 2. The zero-order valence-electron chi connectivity index (χ0n) is 11.2. The number of aryl methyl sites for hydroxylation is 3. The highest BCUT2D eigenvalue weighted by atomic mass is 16.5. The summed E-state index contributed by atoms with van der Waals surface area (Å²) in [7, 11) is 0. The lowest BCUT2D eigenvalue weighted by atomic mass is 10.1. The maximum absolute atomic E-state index is 10.5. The van der Waals surface area contributed by atoms with Gasteiger partial charge in [0.05, 0.1) is 5.69 Å². The van der Waals surface area contributed by atoms with Crippen molar-refractivity contribution in [1.82, 2.24) is 9.78 Å². The van der Waals surface area contributed by atoms with Crippen molar-refractivity contribution in [2.45, 2.75) is 20.8 Å². The highest BCUT2D eigenvalue weighted by molar-refractivity contribution is 5.68. The van der Waals surface area contributed by atoms with Gasteiger partial charge in [-0.1, -0.05) is 6.07 Å². The summed E-state index contributed by atoms with van der Waals surface area (Å²) >= 11 is 0. The zero-order chi connectivity index (χ0) is 14.0. The summed E-state index contributed by atoms with van der Waals surface area (Å²) in [5.74, 6) is -0.697. The topological polar surface area (TPSA) is 64.4 Å². The van der Waals surface area contributed by atoms with Gasteiger partial charge in [-0.05, 0) is 44.0 Å². The molecule has 1 aromatic heterocycles. The molecule has 0 amide bonds. The number of carboxylic acid groups (broad SMARTS) is 1. The lowest BCUT2D eigenvalue weighted by Gasteiger charge is -2.06. The summed E-state index contributed by atoms with van der Waals surface area (Å²) in [6, 6.07) is 7.85. The first-order valence-electron chi connectivity index (χ1n) is 5.95. The Balaban J connectivity index is 2.31. The second kappa shape index (κ2) is 5.14. The quantitative estimate of drug-likeness (QED) is 0.915. The summed E-state index contributed by atoms with van der Waals surface area (Å²) in [6.07, 6.45) is 0. The molecule has 0 bridgehead atoms. The van der Waals surface area contributed by atoms with E-state index in [1.54, 1.807) is 10.7 Å². The van der Waals surface area contributed by atoms with E-state index in [1.807, 2.05) is 32.9 Å². The van der Waals surface area contributed by atoms with Crippen LogP contribution >= 0.6 is 0 Å². The largest absolute Gasteiger partial charge is 0.479 e. The maximum Gasteiger partial charge on any atom is 0.341 e. The van der Waals surface area contributed by atoms with E-state index in [2.05, 4.69) is 11.2 Å². The molecule has 1 heterocycles. The van der Waals surface area contributed by atoms with Gasteiger partial charge in [0, 0.05) is 11.8 Å². The van der Waals surface area contributed by atoms with E-state index in [-0.39, 0.29) is 6.61 Å². The van der Waals surface area contributed by atoms with E-state index in [0.29, 0.717) is 5.88 Å². The molecule has 0 radical (unpaired) electrons. The van der Waals surface area contributed by atoms with Gasteiger partial charge in [-0.15, -0.1) is 5.10 Å². The minimum absolute atomic E-state index is 0.319. The van der Waals surface area contributed by atoms with Gasteiger partial charge in [0.25, 0.3) is 0 Å². The lowest BCUT2D eigenvalue weighted by molar-refractivity contribution is -0.139. The van der Waals surface area contributed by atoms with E-state index in [9.17, 15) is 4.79 Å². The van der Waals surface area contributed by atoms with E-state index < -0.39 is 5.97 Å². The van der Waals surface area contributed by atoms with Gasteiger partial charge in [-0.3, -0.25) is 0 Å². The fourth-order valence-electron chi connectivity index (χ4n) is 1.99. The molecule has 0 fully saturated rings. The van der Waals surface area contributed by atoms with Crippen LogP contribution < -0.4 is 4.74 Å². The molecular weight excluding hydrogens is 244 g/mol. The molecule has 2 aromatic rings. The van der Waals surface area contributed by atoms with Gasteiger partial charge in [0.1, 0.15) is 0 Å². The normalized spacial score (nSPS) is 10.5. The van der Waals surface area contributed by atoms with Crippen LogP contribution in [0.15, 0.2) is 24.3 Å². The van der Waals surface area contributed by atoms with E-state index in [4.69, 9.17) is 9.84 Å². The van der Waals surface area contributed by atoms with Crippen LogP contribution in [0.3, 0.4) is 0 Å². The zero-order valence-corrected chi connectivity index (χ0v) is 11.2. The Labute approximate surface area is 111 Å². The molecule has 1 aromatic carbocycles. The molecule has 100 valence electrons. The predicted octanol–water partition coefficient (Wildman–Crippen LogP) is 2.26. The summed E-state index contributed by atoms with van der Waals surface area (Å²) in [5, 5.41) is 12.8. The SMILES string of the molecule is Cc1cc(C)cc(-n2nc(OCC(=O)O)cc2C)c1. The summed E-state index contributed by atoms with van der Waals surface area (Å²) in [4.78, 5) is 10.5. The molecule has 0 saturated carbocycles. The molecule has 0 aliphatic rings. The fraction of sp³-hybridized carbons (Fsp3) is 0.286. The Morgan fingerprint density at radius 2 is 1.84 bits per heavy atom. The van der Waals surface area contributed by atoms with Crippen molar-refractivity contribution in [3.8, 4) is 11.6 Å². The van der Waals surface area contributed by atoms with Crippen molar-refractivity contribution in [3.05, 3.63) is 41.1 Å². The van der Waals surface area contributed by atoms with Gasteiger partial charge in [-0.25, -0.2) is 9.48 Å². The van der Waals surface area contributed by atoms with E-state index in [0.717, 1.165) is 22.5 Å². The molecule has 0 aliphatic heterocycles. The summed E-state index contributed by atoms with van der Waals surface area (Å²) in [6.45, 7) is 5.57. The molecule has 0 spiro atoms. The molecule has 5 nitrogen and oxygen atoms in total. The van der Waals surface area contributed by atoms with Gasteiger partial charge in [0.15, 0.2) is 6.61 Å². The van der Waals surface area contributed by atoms with Crippen LogP contribution in [-0.4, -0.2) is 27.5 Å². The Hall–Kier alpha value is -2.30. The predicted molar refractivity (Wildman–Crippen MR) is 70.9 cm³/mol. The number of hydrogen-bond acceptors (Lipinski definition) is 3. The minimum atomic E-state index is -1.02. The minimum Gasteiger partial charge on any atom is -0.479 e. The maximum atomic E-state index is 10.5. The number of aromatic nitrogens is 2. The number of carboxylic acids is 1. The van der Waals surface area contributed by atoms with Crippen molar-refractivity contribution in [1.29, 1.82) is 0 Å². The number of aliphatic carboxylic acids is 1. The van der Waals surface area contributed by atoms with Crippen LogP contribution in [0.25, 0.3) is 5.69 Å². The van der Waals surface area contributed by atoms with E-state index >= 15 is 0 Å². The number of carbonyl (C=O) groups is 1. The first-order chi connectivity index (χ1) is 8.95. The highest BCUT2D eigenvalue weighted by Gasteiger charge is 2.09. The van der Waals surface area contributed by atoms with Crippen molar-refractivity contribution < 1.29 is 14.6 Å². The lowest BCUT2D eigenvalue weighted by Crippen LogP contribution is -2.10. The molecule has 2 rings (SSSR count). The third kappa shape index (κ3) is 3.13. The highest BCUT2D eigenvalue weighted by Crippen LogP contribution is 2.19. The van der Waals surface area contributed by atoms with Crippen LogP contribution in [0.2, 0.25) is 0 Å². The first kappa shape index (κ1) is 13.1. The summed E-state index contributed by atoms with van der Waals surface area (Å²) < 4.78 is 6.83. The number of rotatable bonds is 4. The molecule has 1 N–H and O–H groups in total. The second-order valence-corrected chi connectivity index (χ2v) is 4.56. The van der Waals surface area contributed by atoms with Crippen LogP contribution in [0.5, 0.6) is 5.88 Å². The number of benzene rings is 1. The van der Waals surface area contributed by atoms with Crippen LogP contribution in [0.4, 0.5) is 0 Å². The molecule has 0 aliphatic carbocycles. The molecule has 19 heavy (non-hydrogen) atoms. The fourth-order valence-corrected chi connectivity index (χ4v) is 1.99. The molecule has 0 saturated heterocycles. The molecule has 0 unspecified atom stereocenters. The van der Waals surface area contributed by atoms with Crippen LogP contribution in [-0.2, 0) is 4.79 Å². The Morgan fingerprint density at radius 1 is 1.21 bits per heavy atom. The molecule has 5 heteroatoms. The van der Waals surface area contributed by atoms with Gasteiger partial charge < -0.3 is 9.84 Å². The van der Waals surface area contributed by atoms with Crippen molar-refractivity contribution in [2.24, 2.45) is 0 Å². The Kier molecular flexibility index (Phi) is 3.55. The second-order valence-electron chi connectivity index (χ2n) is 4.56. The van der Waals surface area contributed by atoms with Crippen molar-refractivity contribution in [2.75, 3.05) is 6.61 Å². The van der Waals surface area contributed by atoms with Gasteiger partial charge >= 0.3 is 5.97 Å². The Morgan fingerprint density at radius 3 is 2.42 bits per heavy atom. The van der Waals surface area contributed by atoms with Crippen molar-refractivity contribution in [3.63, 3.8) is 0 Å². The third-order valence-electron chi connectivity index (χ3n) is 2.66. The number of ether oxygens (including phenoxy) is 1. The van der Waals surface area contributed by atoms with Gasteiger partial charge in [0.2, 0.25) is 5.88 Å². The molecular formula is C14H16N2O3. The standard InChI is InChI=1S/C14H16N2O3/c1-9-4-10(2)6-12(5-9)16-11(3)7-13(15-16)19-8-14(17)18/h4-7H,8H2,1-3H3,(H,17,18). The first-order valence-corrected chi connectivity index (χ1v) is 5.95. The monoisotopic (exact) mass is 260 g/mol. The number of hydrogen-bond donors (Lipinski definition) is 1. The Bertz CT molecular complexity index is 597. The van der Waals surface area contributed by atoms with Crippen molar-refractivity contribution >= 4 is 5.97 Å². The third-order valence-corrected chi connectivity index (χ3v) is 2.66. The van der Waals surface area contributed by atoms with Crippen LogP contribution in [0, 0.1) is 20.8 Å².